The Kier molecular flexibility index (Phi) is 4.66. The number of fused-ring (bicyclic) bond motifs is 1. The highest BCUT2D eigenvalue weighted by Crippen LogP contribution is 2.34. The van der Waals surface area contributed by atoms with Gasteiger partial charge in [0.1, 0.15) is 12.3 Å². The number of nitrogens with zero attached hydrogens (tertiary/aromatic N) is 2. The van der Waals surface area contributed by atoms with Crippen LogP contribution in [0.1, 0.15) is 6.42 Å². The maximum absolute atomic E-state index is 12.6. The van der Waals surface area contributed by atoms with Gasteiger partial charge in [0.2, 0.25) is 5.91 Å². The van der Waals surface area contributed by atoms with E-state index in [4.69, 9.17) is 14.6 Å². The van der Waals surface area contributed by atoms with Crippen molar-refractivity contribution in [3.05, 3.63) is 24.3 Å². The summed E-state index contributed by atoms with van der Waals surface area (Å²) in [6, 6.07) is 6.80. The second-order valence-electron chi connectivity index (χ2n) is 5.59. The van der Waals surface area contributed by atoms with Gasteiger partial charge in [0.15, 0.2) is 6.10 Å². The van der Waals surface area contributed by atoms with Gasteiger partial charge in [-0.25, -0.2) is 0 Å². The van der Waals surface area contributed by atoms with Crippen molar-refractivity contribution in [2.45, 2.75) is 12.5 Å². The van der Waals surface area contributed by atoms with Crippen LogP contribution in [0.15, 0.2) is 24.3 Å². The van der Waals surface area contributed by atoms with Gasteiger partial charge in [-0.05, 0) is 12.1 Å². The zero-order valence-corrected chi connectivity index (χ0v) is 13.0. The summed E-state index contributed by atoms with van der Waals surface area (Å²) >= 11 is 0. The Morgan fingerprint density at radius 3 is 2.62 bits per heavy atom. The molecule has 0 saturated carbocycles. The standard InChI is InChI=1S/C16H18N2O6/c19-14(17-5-7-23-8-6-17)10-18-11-3-1-2-4-12(11)24-13(16(18)22)9-15(20)21/h1-4,13H,5-10H2,(H,20,21). The molecule has 0 aromatic heterocycles. The van der Waals surface area contributed by atoms with Crippen LogP contribution < -0.4 is 9.64 Å². The van der Waals surface area contributed by atoms with E-state index in [0.717, 1.165) is 0 Å². The summed E-state index contributed by atoms with van der Waals surface area (Å²) in [5.41, 5.74) is 0.478. The van der Waals surface area contributed by atoms with Crippen molar-refractivity contribution in [3.63, 3.8) is 0 Å². The number of anilines is 1. The SMILES string of the molecule is O=C(O)CC1Oc2ccccc2N(CC(=O)N2CCOCC2)C1=O. The Balaban J connectivity index is 1.82. The number of carbonyl (C=O) groups excluding carboxylic acids is 2. The van der Waals surface area contributed by atoms with Crippen molar-refractivity contribution in [1.82, 2.24) is 4.90 Å². The van der Waals surface area contributed by atoms with Gasteiger partial charge in [-0.15, -0.1) is 0 Å². The molecule has 2 amide bonds. The van der Waals surface area contributed by atoms with Gasteiger partial charge < -0.3 is 19.5 Å². The van der Waals surface area contributed by atoms with Gasteiger partial charge in [0.25, 0.3) is 5.91 Å². The second-order valence-corrected chi connectivity index (χ2v) is 5.59. The van der Waals surface area contributed by atoms with Gasteiger partial charge in [0.05, 0.1) is 25.3 Å². The topological polar surface area (TPSA) is 96.4 Å². The maximum atomic E-state index is 12.6. The molecule has 8 heteroatoms. The molecule has 2 heterocycles. The molecular formula is C16H18N2O6. The van der Waals surface area contributed by atoms with E-state index in [-0.39, 0.29) is 12.5 Å². The highest BCUT2D eigenvalue weighted by Gasteiger charge is 2.37. The molecule has 0 bridgehead atoms. The molecule has 0 radical (unpaired) electrons. The molecule has 1 aromatic rings. The van der Waals surface area contributed by atoms with E-state index < -0.39 is 24.4 Å². The number of carboxylic acids is 1. The average molecular weight is 334 g/mol. The Morgan fingerprint density at radius 1 is 1.21 bits per heavy atom. The number of hydrogen-bond donors (Lipinski definition) is 1. The number of amides is 2. The van der Waals surface area contributed by atoms with Crippen molar-refractivity contribution in [1.29, 1.82) is 0 Å². The van der Waals surface area contributed by atoms with Crippen LogP contribution in [0, 0.1) is 0 Å². The number of hydrogen-bond acceptors (Lipinski definition) is 5. The minimum atomic E-state index is -1.13. The lowest BCUT2D eigenvalue weighted by Crippen LogP contribution is -2.52. The van der Waals surface area contributed by atoms with E-state index in [9.17, 15) is 14.4 Å². The van der Waals surface area contributed by atoms with Gasteiger partial charge in [-0.3, -0.25) is 19.3 Å². The number of aliphatic carboxylic acids is 1. The number of rotatable bonds is 4. The first-order valence-electron chi connectivity index (χ1n) is 7.70. The summed E-state index contributed by atoms with van der Waals surface area (Å²) in [6.07, 6.45) is -1.58. The Bertz CT molecular complexity index is 656. The van der Waals surface area contributed by atoms with Crippen LogP contribution in [-0.2, 0) is 19.1 Å². The molecule has 1 fully saturated rings. The summed E-state index contributed by atoms with van der Waals surface area (Å²) in [6.45, 7) is 1.77. The van der Waals surface area contributed by atoms with Crippen molar-refractivity contribution >= 4 is 23.5 Å². The first kappa shape index (κ1) is 16.3. The van der Waals surface area contributed by atoms with Gasteiger partial charge in [-0.1, -0.05) is 12.1 Å². The number of para-hydroxylation sites is 2. The van der Waals surface area contributed by atoms with Crippen molar-refractivity contribution < 1.29 is 29.0 Å². The molecule has 8 nitrogen and oxygen atoms in total. The number of ether oxygens (including phenoxy) is 2. The summed E-state index contributed by atoms with van der Waals surface area (Å²) in [7, 11) is 0. The zero-order chi connectivity index (χ0) is 17.1. The van der Waals surface area contributed by atoms with E-state index in [1.807, 2.05) is 0 Å². The first-order chi connectivity index (χ1) is 11.6. The highest BCUT2D eigenvalue weighted by atomic mass is 16.5. The summed E-state index contributed by atoms with van der Waals surface area (Å²) in [5.74, 6) is -1.44. The monoisotopic (exact) mass is 334 g/mol. The normalized spacial score (nSPS) is 20.3. The van der Waals surface area contributed by atoms with Gasteiger partial charge >= 0.3 is 5.97 Å². The number of morpholine rings is 1. The summed E-state index contributed by atoms with van der Waals surface area (Å²) in [5, 5.41) is 8.96. The molecular weight excluding hydrogens is 316 g/mol. The van der Waals surface area contributed by atoms with Crippen LogP contribution in [0.3, 0.4) is 0 Å². The molecule has 1 saturated heterocycles. The van der Waals surface area contributed by atoms with Crippen LogP contribution in [0.5, 0.6) is 5.75 Å². The van der Waals surface area contributed by atoms with E-state index >= 15 is 0 Å². The average Bonchev–Trinajstić information content (AvgIpc) is 2.58. The second kappa shape index (κ2) is 6.88. The number of carbonyl (C=O) groups is 3. The van der Waals surface area contributed by atoms with Crippen LogP contribution in [-0.4, -0.2) is 66.7 Å². The third-order valence-electron chi connectivity index (χ3n) is 3.98. The molecule has 3 rings (SSSR count). The van der Waals surface area contributed by atoms with Crippen LogP contribution in [0.2, 0.25) is 0 Å². The van der Waals surface area contributed by atoms with E-state index in [2.05, 4.69) is 0 Å². The van der Waals surface area contributed by atoms with E-state index in [1.54, 1.807) is 29.2 Å². The molecule has 2 aliphatic rings. The lowest BCUT2D eigenvalue weighted by Gasteiger charge is -2.35. The molecule has 0 aliphatic carbocycles. The molecule has 2 aliphatic heterocycles. The summed E-state index contributed by atoms with van der Waals surface area (Å²) in [4.78, 5) is 39.0. The lowest BCUT2D eigenvalue weighted by molar-refractivity contribution is -0.143. The van der Waals surface area contributed by atoms with E-state index in [1.165, 1.54) is 4.90 Å². The third kappa shape index (κ3) is 3.33. The lowest BCUT2D eigenvalue weighted by atomic mass is 10.1. The van der Waals surface area contributed by atoms with Crippen LogP contribution >= 0.6 is 0 Å². The third-order valence-corrected chi connectivity index (χ3v) is 3.98. The van der Waals surface area contributed by atoms with Crippen molar-refractivity contribution in [3.8, 4) is 5.75 Å². The van der Waals surface area contributed by atoms with Gasteiger partial charge in [-0.2, -0.15) is 0 Å². The van der Waals surface area contributed by atoms with Crippen LogP contribution in [0.4, 0.5) is 5.69 Å². The molecule has 24 heavy (non-hydrogen) atoms. The largest absolute Gasteiger partial charge is 0.481 e. The minimum absolute atomic E-state index is 0.144. The Labute approximate surface area is 138 Å². The Hall–Kier alpha value is -2.61. The van der Waals surface area contributed by atoms with Gasteiger partial charge in [0, 0.05) is 13.1 Å². The van der Waals surface area contributed by atoms with E-state index in [0.29, 0.717) is 37.7 Å². The van der Waals surface area contributed by atoms with Crippen molar-refractivity contribution in [2.24, 2.45) is 0 Å². The molecule has 1 atom stereocenters. The molecule has 1 unspecified atom stereocenters. The quantitative estimate of drug-likeness (QED) is 0.840. The fraction of sp³-hybridized carbons (Fsp3) is 0.438. The Morgan fingerprint density at radius 2 is 1.92 bits per heavy atom. The molecule has 1 N–H and O–H groups in total. The first-order valence-corrected chi connectivity index (χ1v) is 7.70. The maximum Gasteiger partial charge on any atom is 0.307 e. The highest BCUT2D eigenvalue weighted by molar-refractivity contribution is 6.04. The fourth-order valence-corrected chi connectivity index (χ4v) is 2.77. The molecule has 128 valence electrons. The van der Waals surface area contributed by atoms with Crippen LogP contribution in [0.25, 0.3) is 0 Å². The predicted octanol–water partition coefficient (Wildman–Crippen LogP) is 0.114. The number of benzene rings is 1. The molecule has 1 aromatic carbocycles. The van der Waals surface area contributed by atoms with Crippen molar-refractivity contribution in [2.75, 3.05) is 37.7 Å². The summed E-state index contributed by atoms with van der Waals surface area (Å²) < 4.78 is 10.7. The molecule has 0 spiro atoms. The predicted molar refractivity (Wildman–Crippen MR) is 82.9 cm³/mol. The smallest absolute Gasteiger partial charge is 0.307 e. The fourth-order valence-electron chi connectivity index (χ4n) is 2.77. The minimum Gasteiger partial charge on any atom is -0.481 e. The zero-order valence-electron chi connectivity index (χ0n) is 13.0. The number of carboxylic acid groups (broad SMARTS) is 1.